The molecule has 0 fully saturated rings. The lowest BCUT2D eigenvalue weighted by Crippen LogP contribution is -2.25. The topological polar surface area (TPSA) is 87.6 Å². The van der Waals surface area contributed by atoms with Crippen molar-refractivity contribution < 1.29 is 14.6 Å². The quantitative estimate of drug-likeness (QED) is 0.396. The van der Waals surface area contributed by atoms with Crippen LogP contribution in [0.1, 0.15) is 45.7 Å². The summed E-state index contributed by atoms with van der Waals surface area (Å²) in [4.78, 5) is 18.9. The van der Waals surface area contributed by atoms with Crippen molar-refractivity contribution in [3.05, 3.63) is 46.5 Å². The highest BCUT2D eigenvalue weighted by Gasteiger charge is 2.34. The molecule has 1 N–H and O–H groups in total. The van der Waals surface area contributed by atoms with Crippen molar-refractivity contribution in [2.75, 3.05) is 0 Å². The second-order valence-electron chi connectivity index (χ2n) is 5.76. The highest BCUT2D eigenvalue weighted by Crippen LogP contribution is 2.23. The standard InChI is InChI=1S/C15H19N3O3/c1-10(11-7-5-6-8-17-11)9-12(19)13(18-16)14(20)21-15(2,3)4/h5-8,10H,9H2,1-4H3/p+1. The third-order valence-corrected chi connectivity index (χ3v) is 2.66. The number of rotatable bonds is 4. The van der Waals surface area contributed by atoms with E-state index in [4.69, 9.17) is 10.1 Å². The fraction of sp³-hybridized carbons (Fsp3) is 0.467. The Hall–Kier alpha value is -2.42. The number of nitrogens with zero attached hydrogens (tertiary/aromatic N) is 3. The minimum atomic E-state index is -0.865. The predicted molar refractivity (Wildman–Crippen MR) is 77.9 cm³/mol. The van der Waals surface area contributed by atoms with Crippen LogP contribution in [-0.4, -0.2) is 21.7 Å². The van der Waals surface area contributed by atoms with Crippen molar-refractivity contribution in [3.63, 3.8) is 0 Å². The van der Waals surface area contributed by atoms with Crippen LogP contribution >= 0.6 is 0 Å². The minimum Gasteiger partial charge on any atom is -0.505 e. The molecule has 0 aliphatic rings. The zero-order valence-corrected chi connectivity index (χ0v) is 12.7. The van der Waals surface area contributed by atoms with Crippen LogP contribution in [0.5, 0.6) is 0 Å². The van der Waals surface area contributed by atoms with Crippen molar-refractivity contribution in [2.45, 2.75) is 45.6 Å². The smallest absolute Gasteiger partial charge is 0.505 e. The Balaban J connectivity index is 2.89. The number of pyridine rings is 1. The highest BCUT2D eigenvalue weighted by atomic mass is 16.6. The van der Waals surface area contributed by atoms with E-state index in [9.17, 15) is 9.90 Å². The van der Waals surface area contributed by atoms with Gasteiger partial charge in [0.25, 0.3) is 0 Å². The Bertz CT molecular complexity index is 568. The van der Waals surface area contributed by atoms with Crippen molar-refractivity contribution in [1.82, 2.24) is 4.98 Å². The second-order valence-corrected chi connectivity index (χ2v) is 5.76. The van der Waals surface area contributed by atoms with Crippen LogP contribution in [-0.2, 0) is 9.53 Å². The molecule has 0 bridgehead atoms. The first kappa shape index (κ1) is 16.6. The van der Waals surface area contributed by atoms with Crippen molar-refractivity contribution in [2.24, 2.45) is 0 Å². The van der Waals surface area contributed by atoms with Crippen molar-refractivity contribution in [1.29, 1.82) is 5.39 Å². The van der Waals surface area contributed by atoms with Gasteiger partial charge in [0, 0.05) is 24.2 Å². The van der Waals surface area contributed by atoms with Crippen molar-refractivity contribution in [3.8, 4) is 0 Å². The van der Waals surface area contributed by atoms with Gasteiger partial charge in [-0.2, -0.15) is 0 Å². The molecule has 1 atom stereocenters. The van der Waals surface area contributed by atoms with E-state index in [1.807, 2.05) is 19.1 Å². The third kappa shape index (κ3) is 5.22. The Kier molecular flexibility index (Phi) is 5.42. The van der Waals surface area contributed by atoms with Gasteiger partial charge in [-0.15, -0.1) is 0 Å². The molecule has 21 heavy (non-hydrogen) atoms. The first-order valence-corrected chi connectivity index (χ1v) is 6.66. The molecular weight excluding hydrogens is 270 g/mol. The molecule has 6 heteroatoms. The van der Waals surface area contributed by atoms with E-state index >= 15 is 0 Å². The van der Waals surface area contributed by atoms with E-state index in [-0.39, 0.29) is 18.1 Å². The summed E-state index contributed by atoms with van der Waals surface area (Å²) < 4.78 is 5.07. The van der Waals surface area contributed by atoms with Crippen LogP contribution in [0.3, 0.4) is 0 Å². The number of hydrogen-bond donors (Lipinski definition) is 1. The van der Waals surface area contributed by atoms with Gasteiger partial charge < -0.3 is 9.84 Å². The maximum Gasteiger partial charge on any atom is 0.505 e. The van der Waals surface area contributed by atoms with Crippen molar-refractivity contribution >= 4 is 5.97 Å². The Morgan fingerprint density at radius 1 is 1.48 bits per heavy atom. The summed E-state index contributed by atoms with van der Waals surface area (Å²) in [6.45, 7) is 6.91. The molecule has 0 aliphatic heterocycles. The predicted octanol–water partition coefficient (Wildman–Crippen LogP) is 3.54. The normalized spacial score (nSPS) is 13.9. The number of ether oxygens (including phenoxy) is 1. The molecular formula is C15H20N3O3+. The summed E-state index contributed by atoms with van der Waals surface area (Å²) in [6, 6.07) is 5.45. The lowest BCUT2D eigenvalue weighted by Gasteiger charge is -2.17. The largest absolute Gasteiger partial charge is 0.505 e. The van der Waals surface area contributed by atoms with Gasteiger partial charge in [0.15, 0.2) is 10.7 Å². The van der Waals surface area contributed by atoms with Gasteiger partial charge in [-0.25, -0.2) is 4.79 Å². The van der Waals surface area contributed by atoms with Gasteiger partial charge >= 0.3 is 11.7 Å². The number of aromatic nitrogens is 1. The molecule has 1 unspecified atom stereocenters. The van der Waals surface area contributed by atoms with Gasteiger partial charge in [-0.1, -0.05) is 13.0 Å². The Morgan fingerprint density at radius 2 is 2.14 bits per heavy atom. The summed E-state index contributed by atoms with van der Waals surface area (Å²) in [7, 11) is 0. The molecule has 0 aliphatic carbocycles. The van der Waals surface area contributed by atoms with Gasteiger partial charge in [-0.3, -0.25) is 4.98 Å². The number of diazo groups is 1. The minimum absolute atomic E-state index is 0.121. The molecule has 1 aromatic heterocycles. The first-order chi connectivity index (χ1) is 9.74. The van der Waals surface area contributed by atoms with Crippen LogP contribution in [0, 0.1) is 5.39 Å². The molecule has 0 saturated carbocycles. The summed E-state index contributed by atoms with van der Waals surface area (Å²) in [5.74, 6) is -1.33. The third-order valence-electron chi connectivity index (χ3n) is 2.66. The second kappa shape index (κ2) is 6.84. The number of aliphatic hydroxyl groups is 1. The number of aliphatic hydroxyl groups excluding tert-OH is 1. The molecule has 0 saturated heterocycles. The number of carbonyl (C=O) groups excluding carboxylic acids is 1. The lowest BCUT2D eigenvalue weighted by atomic mass is 10.0. The monoisotopic (exact) mass is 290 g/mol. The number of hydrogen-bond acceptors (Lipinski definition) is 5. The molecule has 0 amide bonds. The number of carbonyl (C=O) groups is 1. The summed E-state index contributed by atoms with van der Waals surface area (Å²) >= 11 is 0. The average Bonchev–Trinajstić information content (AvgIpc) is 2.38. The zero-order chi connectivity index (χ0) is 16.0. The van der Waals surface area contributed by atoms with Crippen LogP contribution < -0.4 is 0 Å². The molecule has 1 heterocycles. The fourth-order valence-electron chi connectivity index (χ4n) is 1.70. The lowest BCUT2D eigenvalue weighted by molar-refractivity contribution is -0.149. The van der Waals surface area contributed by atoms with Crippen LogP contribution in [0.2, 0.25) is 0 Å². The van der Waals surface area contributed by atoms with E-state index in [0.717, 1.165) is 5.69 Å². The zero-order valence-electron chi connectivity index (χ0n) is 12.7. The van der Waals surface area contributed by atoms with Gasteiger partial charge in [0.1, 0.15) is 5.60 Å². The SMILES string of the molecule is CC(C/C(O)=C(\[N+]#N)C(=O)OC(C)(C)C)c1ccccn1. The van der Waals surface area contributed by atoms with Gasteiger partial charge in [0.05, 0.1) is 0 Å². The van der Waals surface area contributed by atoms with E-state index < -0.39 is 17.3 Å². The molecule has 6 nitrogen and oxygen atoms in total. The maximum atomic E-state index is 11.8. The Labute approximate surface area is 124 Å². The molecule has 112 valence electrons. The fourth-order valence-corrected chi connectivity index (χ4v) is 1.70. The van der Waals surface area contributed by atoms with E-state index in [2.05, 4.69) is 9.96 Å². The average molecular weight is 290 g/mol. The van der Waals surface area contributed by atoms with Gasteiger partial charge in [0.2, 0.25) is 5.39 Å². The number of esters is 1. The van der Waals surface area contributed by atoms with E-state index in [1.54, 1.807) is 33.0 Å². The highest BCUT2D eigenvalue weighted by molar-refractivity contribution is 5.91. The molecule has 1 aromatic rings. The summed E-state index contributed by atoms with van der Waals surface area (Å²) in [5.41, 5.74) is -0.446. The molecule has 0 aromatic carbocycles. The number of allylic oxidation sites excluding steroid dienone is 1. The summed E-state index contributed by atoms with van der Waals surface area (Å²) in [6.07, 6.45) is 1.77. The van der Waals surface area contributed by atoms with E-state index in [0.29, 0.717) is 0 Å². The Morgan fingerprint density at radius 3 is 2.62 bits per heavy atom. The molecule has 1 rings (SSSR count). The van der Waals surface area contributed by atoms with Crippen LogP contribution in [0.15, 0.2) is 35.9 Å². The molecule has 0 radical (unpaired) electrons. The first-order valence-electron chi connectivity index (χ1n) is 6.66. The van der Waals surface area contributed by atoms with Gasteiger partial charge in [-0.05, 0) is 32.9 Å². The molecule has 0 spiro atoms. The van der Waals surface area contributed by atoms with Crippen LogP contribution in [0.4, 0.5) is 0 Å². The summed E-state index contributed by atoms with van der Waals surface area (Å²) in [5, 5.41) is 18.9. The maximum absolute atomic E-state index is 11.8. The van der Waals surface area contributed by atoms with E-state index in [1.165, 1.54) is 0 Å². The van der Waals surface area contributed by atoms with Crippen LogP contribution in [0.25, 0.3) is 4.98 Å².